The zero-order valence-electron chi connectivity index (χ0n) is 14.0. The van der Waals surface area contributed by atoms with Crippen LogP contribution in [0, 0.1) is 5.41 Å². The SMILES string of the molecule is Nc1ncc2c(n1)n([C@@H]1O[C@H](CO)[C@@H](F)[C@H]1O)c(=O)n2CC1(C(=O)O)CC1. The number of ether oxygens (including phenoxy) is 1. The highest BCUT2D eigenvalue weighted by molar-refractivity contribution is 5.78. The first-order valence-corrected chi connectivity index (χ1v) is 8.34. The fourth-order valence-electron chi connectivity index (χ4n) is 3.42. The van der Waals surface area contributed by atoms with Crippen LogP contribution in [0.15, 0.2) is 11.0 Å². The molecular formula is C15H18FN5O6. The van der Waals surface area contributed by atoms with Crippen molar-refractivity contribution in [3.63, 3.8) is 0 Å². The van der Waals surface area contributed by atoms with Crippen LogP contribution in [0.4, 0.5) is 10.3 Å². The molecule has 4 rings (SSSR count). The maximum Gasteiger partial charge on any atom is 0.332 e. The largest absolute Gasteiger partial charge is 0.481 e. The van der Waals surface area contributed by atoms with E-state index in [9.17, 15) is 29.3 Å². The molecular weight excluding hydrogens is 365 g/mol. The average Bonchev–Trinajstić information content (AvgIpc) is 3.31. The van der Waals surface area contributed by atoms with E-state index in [0.29, 0.717) is 12.8 Å². The Labute approximate surface area is 150 Å². The zero-order valence-corrected chi connectivity index (χ0v) is 14.0. The van der Waals surface area contributed by atoms with Crippen molar-refractivity contribution in [1.29, 1.82) is 0 Å². The number of carbonyl (C=O) groups is 1. The molecule has 5 N–H and O–H groups in total. The van der Waals surface area contributed by atoms with Gasteiger partial charge in [-0.25, -0.2) is 18.7 Å². The maximum atomic E-state index is 14.1. The summed E-state index contributed by atoms with van der Waals surface area (Å²) in [5.41, 5.74) is 3.99. The van der Waals surface area contributed by atoms with E-state index in [1.807, 2.05) is 0 Å². The van der Waals surface area contributed by atoms with Crippen LogP contribution in [0.25, 0.3) is 11.2 Å². The first-order chi connectivity index (χ1) is 12.8. The van der Waals surface area contributed by atoms with Crippen molar-refractivity contribution in [2.75, 3.05) is 12.3 Å². The first kappa shape index (κ1) is 17.8. The molecule has 0 bridgehead atoms. The maximum absolute atomic E-state index is 14.1. The van der Waals surface area contributed by atoms with Crippen molar-refractivity contribution >= 4 is 23.1 Å². The minimum atomic E-state index is -1.90. The molecule has 2 aromatic rings. The minimum Gasteiger partial charge on any atom is -0.481 e. The number of aliphatic hydroxyl groups excluding tert-OH is 2. The van der Waals surface area contributed by atoms with Crippen LogP contribution in [0.2, 0.25) is 0 Å². The molecule has 4 atom stereocenters. The minimum absolute atomic E-state index is 0.0106. The summed E-state index contributed by atoms with van der Waals surface area (Å²) in [7, 11) is 0. The van der Waals surface area contributed by atoms with Gasteiger partial charge in [-0.2, -0.15) is 4.98 Å². The molecule has 1 aliphatic carbocycles. The van der Waals surface area contributed by atoms with Gasteiger partial charge in [0.2, 0.25) is 5.95 Å². The molecule has 0 amide bonds. The van der Waals surface area contributed by atoms with E-state index < -0.39 is 48.3 Å². The number of aliphatic hydroxyl groups is 2. The lowest BCUT2D eigenvalue weighted by atomic mass is 10.1. The Kier molecular flexibility index (Phi) is 3.94. The molecule has 1 saturated heterocycles. The fraction of sp³-hybridized carbons (Fsp3) is 0.600. The van der Waals surface area contributed by atoms with Gasteiger partial charge in [0.25, 0.3) is 0 Å². The van der Waals surface area contributed by atoms with Crippen LogP contribution >= 0.6 is 0 Å². The standard InChI is InChI=1S/C15H18FN5O6/c16-8-7(4-22)27-11(9(8)23)21-10-6(3-18-13(17)19-10)20(14(21)26)5-15(1-2-15)12(24)25/h3,7-9,11,22-23H,1-2,4-5H2,(H,24,25)(H2,17,18,19)/t7-,8-,9-,11-/m1/s1. The number of anilines is 1. The Bertz CT molecular complexity index is 969. The Morgan fingerprint density at radius 3 is 2.74 bits per heavy atom. The average molecular weight is 383 g/mol. The van der Waals surface area contributed by atoms with Crippen LogP contribution in [0.5, 0.6) is 0 Å². The highest BCUT2D eigenvalue weighted by atomic mass is 19.1. The molecule has 146 valence electrons. The number of aliphatic carboxylic acids is 1. The number of imidazole rings is 1. The van der Waals surface area contributed by atoms with Gasteiger partial charge in [0, 0.05) is 6.54 Å². The van der Waals surface area contributed by atoms with E-state index in [1.165, 1.54) is 10.8 Å². The van der Waals surface area contributed by atoms with Gasteiger partial charge in [-0.3, -0.25) is 9.36 Å². The number of nitrogens with zero attached hydrogens (tertiary/aromatic N) is 4. The molecule has 12 heteroatoms. The smallest absolute Gasteiger partial charge is 0.332 e. The summed E-state index contributed by atoms with van der Waals surface area (Å²) in [6.45, 7) is -0.801. The lowest BCUT2D eigenvalue weighted by molar-refractivity contribution is -0.143. The summed E-state index contributed by atoms with van der Waals surface area (Å²) in [4.78, 5) is 32.4. The normalized spacial score (nSPS) is 29.3. The summed E-state index contributed by atoms with van der Waals surface area (Å²) in [6.07, 6.45) is -4.27. The molecule has 0 aromatic carbocycles. The summed E-state index contributed by atoms with van der Waals surface area (Å²) in [6, 6.07) is 0. The number of rotatable bonds is 5. The fourth-order valence-corrected chi connectivity index (χ4v) is 3.42. The van der Waals surface area contributed by atoms with Gasteiger partial charge in [0.05, 0.1) is 18.2 Å². The molecule has 1 saturated carbocycles. The van der Waals surface area contributed by atoms with Crippen molar-refractivity contribution in [3.8, 4) is 0 Å². The second-order valence-electron chi connectivity index (χ2n) is 6.94. The van der Waals surface area contributed by atoms with Crippen LogP contribution in [-0.4, -0.2) is 65.4 Å². The number of halogens is 1. The first-order valence-electron chi connectivity index (χ1n) is 8.34. The van der Waals surface area contributed by atoms with Gasteiger partial charge in [-0.15, -0.1) is 0 Å². The number of hydrogen-bond acceptors (Lipinski definition) is 8. The Morgan fingerprint density at radius 2 is 2.19 bits per heavy atom. The summed E-state index contributed by atoms with van der Waals surface area (Å²) in [5.74, 6) is -1.18. The lowest BCUT2D eigenvalue weighted by Crippen LogP contribution is -2.35. The van der Waals surface area contributed by atoms with E-state index in [2.05, 4.69) is 9.97 Å². The van der Waals surface area contributed by atoms with Crippen molar-refractivity contribution < 1.29 is 29.2 Å². The molecule has 2 aromatic heterocycles. The number of alkyl halides is 1. The number of nitrogen functional groups attached to an aromatic ring is 1. The molecule has 2 fully saturated rings. The molecule has 0 spiro atoms. The summed E-state index contributed by atoms with van der Waals surface area (Å²) >= 11 is 0. The Hall–Kier alpha value is -2.57. The van der Waals surface area contributed by atoms with Crippen molar-refractivity contribution in [3.05, 3.63) is 16.7 Å². The Balaban J connectivity index is 1.86. The highest BCUT2D eigenvalue weighted by Crippen LogP contribution is 2.47. The number of hydrogen-bond donors (Lipinski definition) is 4. The third-order valence-corrected chi connectivity index (χ3v) is 5.21. The number of fused-ring (bicyclic) bond motifs is 1. The van der Waals surface area contributed by atoms with Crippen molar-refractivity contribution in [2.45, 2.75) is 44.0 Å². The van der Waals surface area contributed by atoms with Gasteiger partial charge < -0.3 is 25.8 Å². The molecule has 3 heterocycles. The second-order valence-corrected chi connectivity index (χ2v) is 6.94. The number of nitrogens with two attached hydrogens (primary N) is 1. The highest BCUT2D eigenvalue weighted by Gasteiger charge is 2.52. The van der Waals surface area contributed by atoms with Gasteiger partial charge >= 0.3 is 11.7 Å². The lowest BCUT2D eigenvalue weighted by Gasteiger charge is -2.15. The number of aromatic nitrogens is 4. The van der Waals surface area contributed by atoms with Gasteiger partial charge in [0.15, 0.2) is 18.0 Å². The second kappa shape index (κ2) is 5.97. The predicted molar refractivity (Wildman–Crippen MR) is 87.4 cm³/mol. The van der Waals surface area contributed by atoms with E-state index in [4.69, 9.17) is 10.5 Å². The van der Waals surface area contributed by atoms with Crippen molar-refractivity contribution in [1.82, 2.24) is 19.1 Å². The molecule has 1 aliphatic heterocycles. The van der Waals surface area contributed by atoms with Crippen molar-refractivity contribution in [2.24, 2.45) is 5.41 Å². The van der Waals surface area contributed by atoms with E-state index in [1.54, 1.807) is 0 Å². The summed E-state index contributed by atoms with van der Waals surface area (Å²) in [5, 5.41) is 28.8. The van der Waals surface area contributed by atoms with Gasteiger partial charge in [0.1, 0.15) is 17.7 Å². The van der Waals surface area contributed by atoms with E-state index >= 15 is 0 Å². The topological polar surface area (TPSA) is 166 Å². The zero-order chi connectivity index (χ0) is 19.5. The number of carboxylic acids is 1. The molecule has 0 radical (unpaired) electrons. The molecule has 2 aliphatic rings. The third-order valence-electron chi connectivity index (χ3n) is 5.21. The molecule has 0 unspecified atom stereocenters. The third kappa shape index (κ3) is 2.59. The monoisotopic (exact) mass is 383 g/mol. The summed E-state index contributed by atoms with van der Waals surface area (Å²) < 4.78 is 21.5. The number of carboxylic acid groups (broad SMARTS) is 1. The van der Waals surface area contributed by atoms with Gasteiger partial charge in [-0.1, -0.05) is 0 Å². The van der Waals surface area contributed by atoms with Crippen LogP contribution in [-0.2, 0) is 16.1 Å². The Morgan fingerprint density at radius 1 is 1.48 bits per heavy atom. The molecule has 27 heavy (non-hydrogen) atoms. The van der Waals surface area contributed by atoms with Crippen LogP contribution in [0.3, 0.4) is 0 Å². The van der Waals surface area contributed by atoms with Crippen LogP contribution in [0.1, 0.15) is 19.1 Å². The molecule has 11 nitrogen and oxygen atoms in total. The van der Waals surface area contributed by atoms with E-state index in [-0.39, 0.29) is 23.7 Å². The van der Waals surface area contributed by atoms with E-state index in [0.717, 1.165) is 4.57 Å². The van der Waals surface area contributed by atoms with Gasteiger partial charge in [-0.05, 0) is 12.8 Å². The predicted octanol–water partition coefficient (Wildman–Crippen LogP) is -1.37. The quantitative estimate of drug-likeness (QED) is 0.487. The van der Waals surface area contributed by atoms with Crippen LogP contribution < -0.4 is 11.4 Å².